The first kappa shape index (κ1) is 20.7. The Kier molecular flexibility index (Phi) is 7.24. The summed E-state index contributed by atoms with van der Waals surface area (Å²) in [6, 6.07) is 14.2. The molecule has 1 saturated carbocycles. The second kappa shape index (κ2) is 10.5. The number of nitrogens with one attached hydrogen (secondary N) is 1. The van der Waals surface area contributed by atoms with E-state index < -0.39 is 0 Å². The van der Waals surface area contributed by atoms with Crippen LogP contribution in [0.25, 0.3) is 11.6 Å². The Hall–Kier alpha value is -2.54. The van der Waals surface area contributed by atoms with Crippen LogP contribution in [0.4, 0.5) is 0 Å². The molecule has 1 aliphatic carbocycles. The zero-order valence-electron chi connectivity index (χ0n) is 17.1. The zero-order valence-corrected chi connectivity index (χ0v) is 17.9. The molecule has 30 heavy (non-hydrogen) atoms. The van der Waals surface area contributed by atoms with Gasteiger partial charge in [-0.3, -0.25) is 9.36 Å². The molecule has 7 heteroatoms. The van der Waals surface area contributed by atoms with Crippen molar-refractivity contribution in [1.29, 1.82) is 0 Å². The summed E-state index contributed by atoms with van der Waals surface area (Å²) >= 11 is 1.43. The molecule has 0 bridgehead atoms. The fraction of sp³-hybridized carbons (Fsp3) is 0.435. The summed E-state index contributed by atoms with van der Waals surface area (Å²) in [5.74, 6) is 1.75. The maximum atomic E-state index is 12.6. The average molecular weight is 425 g/mol. The number of hydrogen-bond donors (Lipinski definition) is 1. The molecule has 4 rings (SSSR count). The molecule has 1 amide bonds. The van der Waals surface area contributed by atoms with Crippen molar-refractivity contribution in [2.45, 2.75) is 62.7 Å². The highest BCUT2D eigenvalue weighted by atomic mass is 32.2. The predicted octanol–water partition coefficient (Wildman–Crippen LogP) is 4.91. The monoisotopic (exact) mass is 424 g/mol. The summed E-state index contributed by atoms with van der Waals surface area (Å²) in [6.45, 7) is 0.621. The molecule has 0 saturated heterocycles. The highest BCUT2D eigenvalue weighted by molar-refractivity contribution is 7.99. The second-order valence-corrected chi connectivity index (χ2v) is 8.70. The third kappa shape index (κ3) is 5.53. The van der Waals surface area contributed by atoms with Gasteiger partial charge in [-0.05, 0) is 30.5 Å². The van der Waals surface area contributed by atoms with Crippen LogP contribution in [0.2, 0.25) is 0 Å². The summed E-state index contributed by atoms with van der Waals surface area (Å²) in [6.07, 6.45) is 10.1. The Labute approximate surface area is 181 Å². The van der Waals surface area contributed by atoms with Crippen molar-refractivity contribution in [3.05, 3.63) is 54.3 Å². The molecular formula is C23H28N4O2S. The molecule has 0 atom stereocenters. The van der Waals surface area contributed by atoms with Crippen LogP contribution in [-0.2, 0) is 11.3 Å². The Morgan fingerprint density at radius 3 is 2.53 bits per heavy atom. The number of hydrogen-bond acceptors (Lipinski definition) is 5. The van der Waals surface area contributed by atoms with Gasteiger partial charge in [0.15, 0.2) is 10.9 Å². The van der Waals surface area contributed by atoms with Crippen molar-refractivity contribution in [3.8, 4) is 11.6 Å². The minimum atomic E-state index is 0.0689. The molecule has 0 spiro atoms. The zero-order chi connectivity index (χ0) is 20.6. The van der Waals surface area contributed by atoms with Crippen LogP contribution in [0, 0.1) is 0 Å². The average Bonchev–Trinajstić information content (AvgIpc) is 3.39. The molecule has 0 unspecified atom stereocenters. The molecule has 158 valence electrons. The number of aromatic nitrogens is 3. The number of carbonyl (C=O) groups excluding carboxylic acids is 1. The lowest BCUT2D eigenvalue weighted by molar-refractivity contribution is -0.119. The number of rotatable bonds is 7. The summed E-state index contributed by atoms with van der Waals surface area (Å²) in [7, 11) is 0. The van der Waals surface area contributed by atoms with Crippen LogP contribution in [-0.4, -0.2) is 32.5 Å². The van der Waals surface area contributed by atoms with Gasteiger partial charge in [-0.25, -0.2) is 0 Å². The van der Waals surface area contributed by atoms with E-state index in [4.69, 9.17) is 4.42 Å². The second-order valence-electron chi connectivity index (χ2n) is 7.75. The van der Waals surface area contributed by atoms with Crippen LogP contribution >= 0.6 is 11.8 Å². The lowest BCUT2D eigenvalue weighted by Gasteiger charge is -2.20. The van der Waals surface area contributed by atoms with Crippen molar-refractivity contribution >= 4 is 17.7 Å². The Morgan fingerprint density at radius 1 is 1.03 bits per heavy atom. The maximum Gasteiger partial charge on any atom is 0.230 e. The van der Waals surface area contributed by atoms with E-state index in [1.54, 1.807) is 6.26 Å². The van der Waals surface area contributed by atoms with E-state index in [9.17, 15) is 4.79 Å². The van der Waals surface area contributed by atoms with E-state index in [0.29, 0.717) is 29.9 Å². The number of furan rings is 1. The highest BCUT2D eigenvalue weighted by Gasteiger charge is 2.19. The van der Waals surface area contributed by atoms with Gasteiger partial charge in [-0.1, -0.05) is 74.2 Å². The van der Waals surface area contributed by atoms with Gasteiger partial charge in [0.05, 0.1) is 18.6 Å². The molecule has 1 N–H and O–H groups in total. The quantitative estimate of drug-likeness (QED) is 0.546. The van der Waals surface area contributed by atoms with Gasteiger partial charge in [0.25, 0.3) is 0 Å². The van der Waals surface area contributed by atoms with Gasteiger partial charge >= 0.3 is 0 Å². The van der Waals surface area contributed by atoms with Gasteiger partial charge in [0.2, 0.25) is 11.7 Å². The van der Waals surface area contributed by atoms with Crippen LogP contribution in [0.15, 0.2) is 58.3 Å². The minimum absolute atomic E-state index is 0.0689. The van der Waals surface area contributed by atoms with Gasteiger partial charge in [-0.15, -0.1) is 10.2 Å². The van der Waals surface area contributed by atoms with Gasteiger partial charge in [0, 0.05) is 6.04 Å². The van der Waals surface area contributed by atoms with E-state index in [0.717, 1.165) is 23.6 Å². The van der Waals surface area contributed by atoms with Crippen LogP contribution in [0.1, 0.15) is 50.5 Å². The molecular weight excluding hydrogens is 396 g/mol. The van der Waals surface area contributed by atoms with Crippen LogP contribution < -0.4 is 5.32 Å². The first-order valence-electron chi connectivity index (χ1n) is 10.7. The SMILES string of the molecule is O=C(CSc1nnc(-c2ccco2)n1Cc1ccccc1)NC1CCCCCCC1. The molecule has 0 radical (unpaired) electrons. The fourth-order valence-corrected chi connectivity index (χ4v) is 4.64. The third-order valence-electron chi connectivity index (χ3n) is 5.44. The number of amides is 1. The Morgan fingerprint density at radius 2 is 1.80 bits per heavy atom. The largest absolute Gasteiger partial charge is 0.461 e. The highest BCUT2D eigenvalue weighted by Crippen LogP contribution is 2.25. The molecule has 2 heterocycles. The molecule has 1 fully saturated rings. The maximum absolute atomic E-state index is 12.6. The van der Waals surface area contributed by atoms with Crippen molar-refractivity contribution in [2.24, 2.45) is 0 Å². The Bertz CT molecular complexity index is 916. The summed E-state index contributed by atoms with van der Waals surface area (Å²) in [4.78, 5) is 12.6. The summed E-state index contributed by atoms with van der Waals surface area (Å²) in [5, 5.41) is 12.6. The van der Waals surface area contributed by atoms with Crippen molar-refractivity contribution < 1.29 is 9.21 Å². The molecule has 1 aliphatic rings. The first-order valence-corrected chi connectivity index (χ1v) is 11.7. The number of benzene rings is 1. The number of nitrogens with zero attached hydrogens (tertiary/aromatic N) is 3. The predicted molar refractivity (Wildman–Crippen MR) is 118 cm³/mol. The summed E-state index contributed by atoms with van der Waals surface area (Å²) < 4.78 is 7.56. The lowest BCUT2D eigenvalue weighted by atomic mass is 9.97. The first-order chi connectivity index (χ1) is 14.8. The van der Waals surface area contributed by atoms with Crippen molar-refractivity contribution in [3.63, 3.8) is 0 Å². The fourth-order valence-electron chi connectivity index (χ4n) is 3.89. The molecule has 6 nitrogen and oxygen atoms in total. The summed E-state index contributed by atoms with van der Waals surface area (Å²) in [5.41, 5.74) is 1.14. The van der Waals surface area contributed by atoms with Crippen LogP contribution in [0.3, 0.4) is 0 Å². The third-order valence-corrected chi connectivity index (χ3v) is 6.41. The standard InChI is InChI=1S/C23H28N4O2S/c28-21(24-19-12-7-2-1-3-8-13-19)17-30-23-26-25-22(20-14-9-15-29-20)27(23)16-18-10-5-4-6-11-18/h4-6,9-11,14-15,19H,1-3,7-8,12-13,16-17H2,(H,24,28). The van der Waals surface area contributed by atoms with Crippen LogP contribution in [0.5, 0.6) is 0 Å². The Balaban J connectivity index is 1.43. The molecule has 1 aromatic carbocycles. The van der Waals surface area contributed by atoms with Crippen molar-refractivity contribution in [2.75, 3.05) is 5.75 Å². The van der Waals surface area contributed by atoms with Crippen molar-refractivity contribution in [1.82, 2.24) is 20.1 Å². The van der Waals surface area contributed by atoms with Gasteiger partial charge in [-0.2, -0.15) is 0 Å². The molecule has 2 aromatic heterocycles. The lowest BCUT2D eigenvalue weighted by Crippen LogP contribution is -2.36. The van der Waals surface area contributed by atoms with E-state index in [-0.39, 0.29) is 5.91 Å². The molecule has 0 aliphatic heterocycles. The van der Waals surface area contributed by atoms with E-state index >= 15 is 0 Å². The minimum Gasteiger partial charge on any atom is -0.461 e. The smallest absolute Gasteiger partial charge is 0.230 e. The van der Waals surface area contributed by atoms with E-state index in [1.165, 1.54) is 43.9 Å². The topological polar surface area (TPSA) is 73.0 Å². The number of thioether (sulfide) groups is 1. The van der Waals surface area contributed by atoms with Gasteiger partial charge in [0.1, 0.15) is 0 Å². The van der Waals surface area contributed by atoms with E-state index in [1.807, 2.05) is 34.9 Å². The van der Waals surface area contributed by atoms with E-state index in [2.05, 4.69) is 27.6 Å². The normalized spacial score (nSPS) is 15.5. The molecule has 3 aromatic rings. The number of carbonyl (C=O) groups is 1. The van der Waals surface area contributed by atoms with Gasteiger partial charge < -0.3 is 9.73 Å².